The first-order valence-electron chi connectivity index (χ1n) is 12.6. The first kappa shape index (κ1) is 25.7. The number of anilines is 2. The number of fused-ring (bicyclic) bond motifs is 1. The molecule has 38 heavy (non-hydrogen) atoms. The number of rotatable bonds is 6. The number of hydrogen-bond donors (Lipinski definition) is 1. The van der Waals surface area contributed by atoms with Gasteiger partial charge in [0, 0.05) is 10.7 Å². The molecule has 0 aromatic heterocycles. The molecule has 0 radical (unpaired) electrons. The molecule has 1 aliphatic heterocycles. The van der Waals surface area contributed by atoms with Gasteiger partial charge in [0.2, 0.25) is 11.8 Å². The highest BCUT2D eigenvalue weighted by Crippen LogP contribution is 2.45. The number of amides is 3. The van der Waals surface area contributed by atoms with Gasteiger partial charge in [0.05, 0.1) is 23.1 Å². The van der Waals surface area contributed by atoms with Crippen LogP contribution >= 0.6 is 11.6 Å². The van der Waals surface area contributed by atoms with Crippen LogP contribution in [0, 0.1) is 18.8 Å². The van der Waals surface area contributed by atoms with Crippen molar-refractivity contribution < 1.29 is 23.9 Å². The molecule has 194 valence electrons. The van der Waals surface area contributed by atoms with E-state index in [9.17, 15) is 19.2 Å². The number of imide groups is 1. The zero-order valence-electron chi connectivity index (χ0n) is 20.9. The summed E-state index contributed by atoms with van der Waals surface area (Å²) in [5, 5.41) is 3.14. The highest BCUT2D eigenvalue weighted by molar-refractivity contribution is 6.31. The van der Waals surface area contributed by atoms with E-state index in [0.29, 0.717) is 29.2 Å². The van der Waals surface area contributed by atoms with Crippen LogP contribution in [-0.2, 0) is 19.1 Å². The third kappa shape index (κ3) is 5.20. The summed E-state index contributed by atoms with van der Waals surface area (Å²) in [6, 6.07) is 21.4. The Hall–Kier alpha value is -3.97. The summed E-state index contributed by atoms with van der Waals surface area (Å²) in [5.74, 6) is -2.20. The third-order valence-corrected chi connectivity index (χ3v) is 7.58. The summed E-state index contributed by atoms with van der Waals surface area (Å²) in [5.41, 5.74) is 3.01. The quantitative estimate of drug-likeness (QED) is 0.335. The standard InChI is InChI=1S/C30H27ClN2O5/c1-18-10-12-22(31)16-26(18)32-27(34)17-38-30(37)21-8-5-9-23(14-21)33-28(35)24-13-11-20(15-25(24)29(33)36)19-6-3-2-4-7-19/h2-10,12,14,16,20,24-25H,11,13,15,17H2,1H3,(H,32,34)/t20-,24-,25+/m1/s1. The monoisotopic (exact) mass is 530 g/mol. The molecule has 1 aliphatic carbocycles. The maximum Gasteiger partial charge on any atom is 0.338 e. The molecule has 1 saturated heterocycles. The van der Waals surface area contributed by atoms with E-state index in [4.69, 9.17) is 16.3 Å². The first-order chi connectivity index (χ1) is 18.3. The molecular weight excluding hydrogens is 504 g/mol. The molecule has 3 amide bonds. The number of carbonyl (C=O) groups excluding carboxylic acids is 4. The average Bonchev–Trinajstić information content (AvgIpc) is 3.18. The van der Waals surface area contributed by atoms with Gasteiger partial charge < -0.3 is 10.1 Å². The van der Waals surface area contributed by atoms with Gasteiger partial charge in [-0.15, -0.1) is 0 Å². The molecule has 0 unspecified atom stereocenters. The highest BCUT2D eigenvalue weighted by atomic mass is 35.5. The predicted molar refractivity (Wildman–Crippen MR) is 144 cm³/mol. The Bertz CT molecular complexity index is 1410. The van der Waals surface area contributed by atoms with Gasteiger partial charge in [0.15, 0.2) is 6.61 Å². The van der Waals surface area contributed by atoms with Crippen molar-refractivity contribution in [1.82, 2.24) is 0 Å². The van der Waals surface area contributed by atoms with Gasteiger partial charge in [-0.05, 0) is 73.6 Å². The largest absolute Gasteiger partial charge is 0.452 e. The number of carbonyl (C=O) groups is 4. The first-order valence-corrected chi connectivity index (χ1v) is 13.0. The van der Waals surface area contributed by atoms with Crippen molar-refractivity contribution in [3.05, 3.63) is 94.5 Å². The number of hydrogen-bond acceptors (Lipinski definition) is 5. The maximum absolute atomic E-state index is 13.4. The van der Waals surface area contributed by atoms with E-state index in [0.717, 1.165) is 12.0 Å². The number of esters is 1. The normalized spacial score (nSPS) is 20.7. The lowest BCUT2D eigenvalue weighted by atomic mass is 9.73. The second-order valence-electron chi connectivity index (χ2n) is 9.78. The number of nitrogens with one attached hydrogen (secondary N) is 1. The van der Waals surface area contributed by atoms with Crippen LogP contribution in [0.3, 0.4) is 0 Å². The Balaban J connectivity index is 1.25. The summed E-state index contributed by atoms with van der Waals surface area (Å²) in [4.78, 5) is 52.8. The van der Waals surface area contributed by atoms with E-state index >= 15 is 0 Å². The number of benzene rings is 3. The van der Waals surface area contributed by atoms with E-state index in [1.54, 1.807) is 30.3 Å². The molecule has 2 aliphatic rings. The second-order valence-corrected chi connectivity index (χ2v) is 10.2. The third-order valence-electron chi connectivity index (χ3n) is 7.34. The van der Waals surface area contributed by atoms with Crippen molar-refractivity contribution in [3.63, 3.8) is 0 Å². The van der Waals surface area contributed by atoms with Gasteiger partial charge in [-0.2, -0.15) is 0 Å². The van der Waals surface area contributed by atoms with Crippen LogP contribution in [-0.4, -0.2) is 30.3 Å². The Labute approximate surface area is 225 Å². The Morgan fingerprint density at radius 1 is 0.947 bits per heavy atom. The van der Waals surface area contributed by atoms with Crippen LogP contribution in [0.4, 0.5) is 11.4 Å². The van der Waals surface area contributed by atoms with Crippen LogP contribution in [0.25, 0.3) is 0 Å². The smallest absolute Gasteiger partial charge is 0.338 e. The molecule has 0 spiro atoms. The lowest BCUT2D eigenvalue weighted by Crippen LogP contribution is -2.31. The van der Waals surface area contributed by atoms with Crippen LogP contribution in [0.1, 0.15) is 46.7 Å². The number of nitrogens with zero attached hydrogens (tertiary/aromatic N) is 1. The SMILES string of the molecule is Cc1ccc(Cl)cc1NC(=O)COC(=O)c1cccc(N2C(=O)[C@H]3C[C@H](c4ccccc4)CC[C@H]3C2=O)c1. The molecule has 8 heteroatoms. The molecule has 0 bridgehead atoms. The number of halogens is 1. The van der Waals surface area contributed by atoms with Crippen molar-refractivity contribution in [2.75, 3.05) is 16.8 Å². The Kier molecular flexibility index (Phi) is 7.29. The van der Waals surface area contributed by atoms with Crippen LogP contribution in [0.5, 0.6) is 0 Å². The molecule has 5 rings (SSSR count). The van der Waals surface area contributed by atoms with Gasteiger partial charge in [0.25, 0.3) is 5.91 Å². The molecular formula is C30H27ClN2O5. The van der Waals surface area contributed by atoms with Crippen molar-refractivity contribution >= 4 is 46.7 Å². The van der Waals surface area contributed by atoms with Crippen molar-refractivity contribution in [3.8, 4) is 0 Å². The summed E-state index contributed by atoms with van der Waals surface area (Å²) >= 11 is 5.98. The fourth-order valence-corrected chi connectivity index (χ4v) is 5.54. The molecule has 1 N–H and O–H groups in total. The zero-order chi connectivity index (χ0) is 26.8. The molecule has 2 fully saturated rings. The van der Waals surface area contributed by atoms with Crippen LogP contribution in [0.15, 0.2) is 72.8 Å². The maximum atomic E-state index is 13.4. The fourth-order valence-electron chi connectivity index (χ4n) is 5.36. The van der Waals surface area contributed by atoms with E-state index in [2.05, 4.69) is 17.4 Å². The lowest BCUT2D eigenvalue weighted by Gasteiger charge is -2.28. The topological polar surface area (TPSA) is 92.8 Å². The predicted octanol–water partition coefficient (Wildman–Crippen LogP) is 5.52. The summed E-state index contributed by atoms with van der Waals surface area (Å²) in [7, 11) is 0. The minimum absolute atomic E-state index is 0.145. The van der Waals surface area contributed by atoms with Crippen molar-refractivity contribution in [1.29, 1.82) is 0 Å². The van der Waals surface area contributed by atoms with Gasteiger partial charge in [-0.3, -0.25) is 19.3 Å². The van der Waals surface area contributed by atoms with E-state index in [1.165, 1.54) is 22.6 Å². The summed E-state index contributed by atoms with van der Waals surface area (Å²) < 4.78 is 5.19. The molecule has 3 aromatic carbocycles. The van der Waals surface area contributed by atoms with E-state index < -0.39 is 18.5 Å². The molecule has 3 atom stereocenters. The van der Waals surface area contributed by atoms with Crippen LogP contribution in [0.2, 0.25) is 5.02 Å². The summed E-state index contributed by atoms with van der Waals surface area (Å²) in [6.45, 7) is 1.32. The van der Waals surface area contributed by atoms with Gasteiger partial charge in [-0.25, -0.2) is 4.79 Å². The van der Waals surface area contributed by atoms with Gasteiger partial charge in [0.1, 0.15) is 0 Å². The van der Waals surface area contributed by atoms with E-state index in [1.807, 2.05) is 25.1 Å². The minimum Gasteiger partial charge on any atom is -0.452 e. The van der Waals surface area contributed by atoms with Crippen molar-refractivity contribution in [2.24, 2.45) is 11.8 Å². The van der Waals surface area contributed by atoms with Crippen molar-refractivity contribution in [2.45, 2.75) is 32.1 Å². The molecule has 3 aromatic rings. The molecule has 1 heterocycles. The Morgan fingerprint density at radius 3 is 2.50 bits per heavy atom. The second kappa shape index (κ2) is 10.8. The van der Waals surface area contributed by atoms with E-state index in [-0.39, 0.29) is 35.1 Å². The number of aryl methyl sites for hydroxylation is 1. The zero-order valence-corrected chi connectivity index (χ0v) is 21.6. The molecule has 1 saturated carbocycles. The Morgan fingerprint density at radius 2 is 1.71 bits per heavy atom. The highest BCUT2D eigenvalue weighted by Gasteiger charge is 2.50. The summed E-state index contributed by atoms with van der Waals surface area (Å²) in [6.07, 6.45) is 2.12. The minimum atomic E-state index is -0.731. The van der Waals surface area contributed by atoms with Gasteiger partial charge in [-0.1, -0.05) is 54.1 Å². The average molecular weight is 531 g/mol. The molecule has 7 nitrogen and oxygen atoms in total. The number of ether oxygens (including phenoxy) is 1. The lowest BCUT2D eigenvalue weighted by molar-refractivity contribution is -0.122. The van der Waals surface area contributed by atoms with Gasteiger partial charge >= 0.3 is 5.97 Å². The van der Waals surface area contributed by atoms with Crippen LogP contribution < -0.4 is 10.2 Å². The fraction of sp³-hybridized carbons (Fsp3) is 0.267.